The maximum atomic E-state index is 5.30. The second kappa shape index (κ2) is 5.22. The number of rotatable bonds is 3. The second-order valence-electron chi connectivity index (χ2n) is 4.05. The maximum absolute atomic E-state index is 5.30. The van der Waals surface area contributed by atoms with Crippen LogP contribution in [-0.4, -0.2) is 36.6 Å². The highest BCUT2D eigenvalue weighted by molar-refractivity contribution is 7.80. The van der Waals surface area contributed by atoms with E-state index in [-0.39, 0.29) is 0 Å². The summed E-state index contributed by atoms with van der Waals surface area (Å²) in [7, 11) is 1.80. The van der Waals surface area contributed by atoms with Crippen LogP contribution in [0.3, 0.4) is 0 Å². The molecule has 0 aliphatic rings. The summed E-state index contributed by atoms with van der Waals surface area (Å²) in [4.78, 5) is 5.20. The minimum atomic E-state index is 0.647. The summed E-state index contributed by atoms with van der Waals surface area (Å²) < 4.78 is 3.38. The average Bonchev–Trinajstić information content (AvgIpc) is 3.18. The molecule has 0 aliphatic heterocycles. The number of hydrogen-bond acceptors (Lipinski definition) is 4. The third kappa shape index (κ3) is 2.30. The van der Waals surface area contributed by atoms with E-state index in [1.54, 1.807) is 28.8 Å². The van der Waals surface area contributed by atoms with Gasteiger partial charge in [0.25, 0.3) is 0 Å². The van der Waals surface area contributed by atoms with E-state index in [0.717, 1.165) is 5.56 Å². The van der Waals surface area contributed by atoms with Gasteiger partial charge in [0.15, 0.2) is 11.6 Å². The first-order valence-electron chi connectivity index (χ1n) is 6.02. The van der Waals surface area contributed by atoms with Crippen LogP contribution in [0.2, 0.25) is 0 Å². The van der Waals surface area contributed by atoms with Gasteiger partial charge in [-0.15, -0.1) is 0 Å². The summed E-state index contributed by atoms with van der Waals surface area (Å²) in [6.07, 6.45) is 7.08. The van der Waals surface area contributed by atoms with Gasteiger partial charge >= 0.3 is 0 Å². The van der Waals surface area contributed by atoms with Crippen molar-refractivity contribution in [2.24, 2.45) is 0 Å². The highest BCUT2D eigenvalue weighted by Gasteiger charge is 2.09. The van der Waals surface area contributed by atoms with Gasteiger partial charge in [-0.3, -0.25) is 0 Å². The molecule has 6 nitrogen and oxygen atoms in total. The quantitative estimate of drug-likeness (QED) is 0.736. The Morgan fingerprint density at radius 3 is 2.00 bits per heavy atom. The molecule has 0 spiro atoms. The molecule has 3 heterocycles. The van der Waals surface area contributed by atoms with Crippen LogP contribution in [0.1, 0.15) is 5.56 Å². The zero-order valence-electron chi connectivity index (χ0n) is 10.8. The molecular formula is C13H12N6S. The van der Waals surface area contributed by atoms with E-state index in [0.29, 0.717) is 16.6 Å². The van der Waals surface area contributed by atoms with Crippen LogP contribution in [0, 0.1) is 0 Å². The molecule has 0 radical (unpaired) electrons. The Morgan fingerprint density at radius 1 is 1.05 bits per heavy atom. The first kappa shape index (κ1) is 12.5. The van der Waals surface area contributed by atoms with Crippen molar-refractivity contribution in [2.75, 3.05) is 7.05 Å². The van der Waals surface area contributed by atoms with Gasteiger partial charge in [-0.1, -0.05) is 12.2 Å². The van der Waals surface area contributed by atoms with Crippen molar-refractivity contribution in [3.63, 3.8) is 0 Å². The SMILES string of the molecule is CNC(=S)c1cc(-n2cccn2)nc(-n2cccn2)c1. The third-order valence-corrected chi connectivity index (χ3v) is 3.21. The van der Waals surface area contributed by atoms with Gasteiger partial charge in [0.1, 0.15) is 4.99 Å². The van der Waals surface area contributed by atoms with Gasteiger partial charge in [-0.05, 0) is 24.3 Å². The molecule has 0 bridgehead atoms. The summed E-state index contributed by atoms with van der Waals surface area (Å²) >= 11 is 5.30. The number of nitrogens with zero attached hydrogens (tertiary/aromatic N) is 5. The molecule has 3 rings (SSSR count). The van der Waals surface area contributed by atoms with Crippen molar-refractivity contribution in [2.45, 2.75) is 0 Å². The fourth-order valence-corrected chi connectivity index (χ4v) is 1.94. The molecular weight excluding hydrogens is 272 g/mol. The fourth-order valence-electron chi connectivity index (χ4n) is 1.82. The lowest BCUT2D eigenvalue weighted by Crippen LogP contribution is -2.18. The summed E-state index contributed by atoms with van der Waals surface area (Å²) in [5, 5.41) is 11.4. The number of thiocarbonyl (C=S) groups is 1. The lowest BCUT2D eigenvalue weighted by atomic mass is 10.2. The molecule has 0 amide bonds. The Labute approximate surface area is 121 Å². The Hall–Kier alpha value is -2.54. The van der Waals surface area contributed by atoms with E-state index in [4.69, 9.17) is 12.2 Å². The number of aromatic nitrogens is 5. The number of nitrogens with one attached hydrogen (secondary N) is 1. The van der Waals surface area contributed by atoms with Crippen LogP contribution < -0.4 is 5.32 Å². The van der Waals surface area contributed by atoms with E-state index in [2.05, 4.69) is 20.5 Å². The van der Waals surface area contributed by atoms with Crippen LogP contribution in [0.15, 0.2) is 49.1 Å². The van der Waals surface area contributed by atoms with Gasteiger partial charge in [0.2, 0.25) is 0 Å². The molecule has 0 unspecified atom stereocenters. The van der Waals surface area contributed by atoms with Gasteiger partial charge < -0.3 is 5.32 Å². The molecule has 7 heteroatoms. The number of pyridine rings is 1. The molecule has 0 saturated carbocycles. The molecule has 3 aromatic heterocycles. The lowest BCUT2D eigenvalue weighted by molar-refractivity contribution is 0.802. The van der Waals surface area contributed by atoms with Crippen molar-refractivity contribution in [1.29, 1.82) is 0 Å². The standard InChI is InChI=1S/C13H12N6S/c1-14-13(20)10-8-11(18-6-2-4-15-18)17-12(9-10)19-7-3-5-16-19/h2-9H,1H3,(H,14,20). The van der Waals surface area contributed by atoms with Crippen molar-refractivity contribution in [3.8, 4) is 11.6 Å². The van der Waals surface area contributed by atoms with Gasteiger partial charge in [0.05, 0.1) is 0 Å². The van der Waals surface area contributed by atoms with Crippen molar-refractivity contribution < 1.29 is 0 Å². The van der Waals surface area contributed by atoms with E-state index in [1.165, 1.54) is 0 Å². The molecule has 100 valence electrons. The highest BCUT2D eigenvalue weighted by Crippen LogP contribution is 2.13. The normalized spacial score (nSPS) is 10.4. The predicted octanol–water partition coefficient (Wildman–Crippen LogP) is 1.35. The summed E-state index contributed by atoms with van der Waals surface area (Å²) in [6.45, 7) is 0. The van der Waals surface area contributed by atoms with Crippen LogP contribution in [-0.2, 0) is 0 Å². The molecule has 0 fully saturated rings. The summed E-state index contributed by atoms with van der Waals surface area (Å²) in [6, 6.07) is 7.47. The third-order valence-electron chi connectivity index (χ3n) is 2.77. The molecule has 0 saturated heterocycles. The Balaban J connectivity index is 2.15. The lowest BCUT2D eigenvalue weighted by Gasteiger charge is -2.09. The molecule has 3 aromatic rings. The van der Waals surface area contributed by atoms with Gasteiger partial charge in [0, 0.05) is 37.4 Å². The highest BCUT2D eigenvalue weighted by atomic mass is 32.1. The van der Waals surface area contributed by atoms with Crippen LogP contribution in [0.5, 0.6) is 0 Å². The topological polar surface area (TPSA) is 60.6 Å². The Morgan fingerprint density at radius 2 is 1.60 bits per heavy atom. The minimum Gasteiger partial charge on any atom is -0.379 e. The Kier molecular flexibility index (Phi) is 3.26. The van der Waals surface area contributed by atoms with Crippen LogP contribution in [0.25, 0.3) is 11.6 Å². The van der Waals surface area contributed by atoms with Gasteiger partial charge in [-0.2, -0.15) is 10.2 Å². The van der Waals surface area contributed by atoms with E-state index >= 15 is 0 Å². The molecule has 0 aliphatic carbocycles. The first-order valence-corrected chi connectivity index (χ1v) is 6.43. The van der Waals surface area contributed by atoms with Crippen molar-refractivity contribution in [3.05, 3.63) is 54.6 Å². The molecule has 0 atom stereocenters. The fraction of sp³-hybridized carbons (Fsp3) is 0.0769. The van der Waals surface area contributed by atoms with E-state index in [9.17, 15) is 0 Å². The summed E-state index contributed by atoms with van der Waals surface area (Å²) in [5.41, 5.74) is 0.869. The molecule has 1 N–H and O–H groups in total. The smallest absolute Gasteiger partial charge is 0.156 e. The first-order chi connectivity index (χ1) is 9.78. The zero-order chi connectivity index (χ0) is 13.9. The van der Waals surface area contributed by atoms with Crippen molar-refractivity contribution in [1.82, 2.24) is 29.9 Å². The van der Waals surface area contributed by atoms with Crippen LogP contribution >= 0.6 is 12.2 Å². The minimum absolute atomic E-state index is 0.647. The van der Waals surface area contributed by atoms with E-state index < -0.39 is 0 Å². The second-order valence-corrected chi connectivity index (χ2v) is 4.46. The van der Waals surface area contributed by atoms with E-state index in [1.807, 2.05) is 36.7 Å². The largest absolute Gasteiger partial charge is 0.379 e. The summed E-state index contributed by atoms with van der Waals surface area (Å²) in [5.74, 6) is 1.38. The van der Waals surface area contributed by atoms with Gasteiger partial charge in [-0.25, -0.2) is 14.3 Å². The zero-order valence-corrected chi connectivity index (χ0v) is 11.6. The monoisotopic (exact) mass is 284 g/mol. The number of hydrogen-bond donors (Lipinski definition) is 1. The average molecular weight is 284 g/mol. The van der Waals surface area contributed by atoms with Crippen LogP contribution in [0.4, 0.5) is 0 Å². The Bertz CT molecular complexity index is 665. The molecule has 20 heavy (non-hydrogen) atoms. The molecule has 0 aromatic carbocycles. The van der Waals surface area contributed by atoms with Crippen molar-refractivity contribution >= 4 is 17.2 Å². The maximum Gasteiger partial charge on any atom is 0.156 e. The predicted molar refractivity (Wildman–Crippen MR) is 79.2 cm³/mol.